The first-order valence-corrected chi connectivity index (χ1v) is 12.0. The standard InChI is InChI=1S/C22H25N5O3S/c1-26-15-18(16-10-12-23-13-11-16)21(24-26)20-9-5-6-14-27(20)22(28)17-7-3-4-8-19(17)25-31(2,29)30/h3-4,7-8,10-13,15,20,25H,5-6,9,14H2,1-2H3/t20-/m1/s1. The Balaban J connectivity index is 1.73. The summed E-state index contributed by atoms with van der Waals surface area (Å²) < 4.78 is 27.8. The molecule has 1 amide bonds. The molecule has 1 aromatic carbocycles. The van der Waals surface area contributed by atoms with Gasteiger partial charge in [-0.15, -0.1) is 0 Å². The minimum atomic E-state index is -3.51. The van der Waals surface area contributed by atoms with Crippen LogP contribution in [-0.2, 0) is 17.1 Å². The predicted octanol–water partition coefficient (Wildman–Crippen LogP) is 3.22. The highest BCUT2D eigenvalue weighted by Crippen LogP contribution is 2.37. The minimum Gasteiger partial charge on any atom is -0.330 e. The van der Waals surface area contributed by atoms with Gasteiger partial charge in [-0.3, -0.25) is 19.2 Å². The van der Waals surface area contributed by atoms with Crippen LogP contribution in [0.4, 0.5) is 5.69 Å². The Labute approximate surface area is 182 Å². The Kier molecular flexibility index (Phi) is 5.77. The van der Waals surface area contributed by atoms with E-state index < -0.39 is 10.0 Å². The van der Waals surface area contributed by atoms with Gasteiger partial charge in [-0.1, -0.05) is 12.1 Å². The molecule has 0 radical (unpaired) electrons. The molecule has 3 aromatic rings. The summed E-state index contributed by atoms with van der Waals surface area (Å²) in [7, 11) is -1.64. The van der Waals surface area contributed by atoms with Crippen molar-refractivity contribution in [2.45, 2.75) is 25.3 Å². The van der Waals surface area contributed by atoms with Gasteiger partial charge in [0.15, 0.2) is 0 Å². The van der Waals surface area contributed by atoms with E-state index in [4.69, 9.17) is 5.10 Å². The molecule has 9 heteroatoms. The first kappa shape index (κ1) is 21.0. The molecule has 1 saturated heterocycles. The number of nitrogens with one attached hydrogen (secondary N) is 1. The van der Waals surface area contributed by atoms with E-state index in [1.807, 2.05) is 30.3 Å². The number of rotatable bonds is 5. The number of piperidine rings is 1. The van der Waals surface area contributed by atoms with Gasteiger partial charge in [-0.05, 0) is 49.1 Å². The first-order chi connectivity index (χ1) is 14.8. The van der Waals surface area contributed by atoms with Gasteiger partial charge in [-0.2, -0.15) is 5.10 Å². The summed E-state index contributed by atoms with van der Waals surface area (Å²) in [5.41, 5.74) is 3.43. The Hall–Kier alpha value is -3.20. The van der Waals surface area contributed by atoms with Gasteiger partial charge in [0.25, 0.3) is 5.91 Å². The summed E-state index contributed by atoms with van der Waals surface area (Å²) in [6.07, 6.45) is 9.19. The van der Waals surface area contributed by atoms with E-state index in [1.165, 1.54) is 0 Å². The molecule has 162 valence electrons. The third-order valence-electron chi connectivity index (χ3n) is 5.38. The van der Waals surface area contributed by atoms with Crippen molar-refractivity contribution in [2.24, 2.45) is 7.05 Å². The first-order valence-electron chi connectivity index (χ1n) is 10.2. The molecule has 1 atom stereocenters. The number of carbonyl (C=O) groups excluding carboxylic acids is 1. The van der Waals surface area contributed by atoms with E-state index in [1.54, 1.807) is 41.3 Å². The van der Waals surface area contributed by atoms with Crippen LogP contribution in [0.2, 0.25) is 0 Å². The molecule has 4 rings (SSSR count). The van der Waals surface area contributed by atoms with Crippen LogP contribution in [-0.4, -0.2) is 46.8 Å². The van der Waals surface area contributed by atoms with E-state index in [-0.39, 0.29) is 17.6 Å². The molecule has 0 bridgehead atoms. The maximum Gasteiger partial charge on any atom is 0.256 e. The molecular formula is C22H25N5O3S. The number of aryl methyl sites for hydroxylation is 1. The van der Waals surface area contributed by atoms with Gasteiger partial charge < -0.3 is 4.90 Å². The van der Waals surface area contributed by atoms with E-state index >= 15 is 0 Å². The Bertz CT molecular complexity index is 1190. The average molecular weight is 440 g/mol. The van der Waals surface area contributed by atoms with Crippen LogP contribution in [0.3, 0.4) is 0 Å². The number of pyridine rings is 1. The molecular weight excluding hydrogens is 414 g/mol. The maximum absolute atomic E-state index is 13.6. The minimum absolute atomic E-state index is 0.197. The molecule has 0 saturated carbocycles. The quantitative estimate of drug-likeness (QED) is 0.658. The van der Waals surface area contributed by atoms with Crippen LogP contribution in [0, 0.1) is 0 Å². The number of nitrogens with zero attached hydrogens (tertiary/aromatic N) is 4. The van der Waals surface area contributed by atoms with Crippen molar-refractivity contribution in [1.82, 2.24) is 19.7 Å². The fourth-order valence-corrected chi connectivity index (χ4v) is 4.66. The zero-order valence-corrected chi connectivity index (χ0v) is 18.3. The normalized spacial score (nSPS) is 16.8. The molecule has 3 heterocycles. The maximum atomic E-state index is 13.6. The predicted molar refractivity (Wildman–Crippen MR) is 119 cm³/mol. The fraction of sp³-hybridized carbons (Fsp3) is 0.318. The summed E-state index contributed by atoms with van der Waals surface area (Å²) >= 11 is 0. The van der Waals surface area contributed by atoms with Crippen LogP contribution >= 0.6 is 0 Å². The van der Waals surface area contributed by atoms with Gasteiger partial charge in [-0.25, -0.2) is 8.42 Å². The van der Waals surface area contributed by atoms with Crippen molar-refractivity contribution in [2.75, 3.05) is 17.5 Å². The summed E-state index contributed by atoms with van der Waals surface area (Å²) in [4.78, 5) is 19.5. The molecule has 1 N–H and O–H groups in total. The molecule has 1 aliphatic heterocycles. The summed E-state index contributed by atoms with van der Waals surface area (Å²) in [6.45, 7) is 0.586. The Morgan fingerprint density at radius 2 is 1.87 bits per heavy atom. The van der Waals surface area contributed by atoms with Crippen LogP contribution in [0.15, 0.2) is 55.0 Å². The highest BCUT2D eigenvalue weighted by atomic mass is 32.2. The van der Waals surface area contributed by atoms with Crippen LogP contribution < -0.4 is 4.72 Å². The molecule has 31 heavy (non-hydrogen) atoms. The topological polar surface area (TPSA) is 97.2 Å². The summed E-state index contributed by atoms with van der Waals surface area (Å²) in [5.74, 6) is -0.206. The van der Waals surface area contributed by atoms with E-state index in [2.05, 4.69) is 9.71 Å². The number of hydrogen-bond acceptors (Lipinski definition) is 5. The van der Waals surface area contributed by atoms with Crippen molar-refractivity contribution in [3.8, 4) is 11.1 Å². The third-order valence-corrected chi connectivity index (χ3v) is 5.97. The monoisotopic (exact) mass is 439 g/mol. The van der Waals surface area contributed by atoms with Crippen molar-refractivity contribution in [1.29, 1.82) is 0 Å². The average Bonchev–Trinajstić information content (AvgIpc) is 3.15. The van der Waals surface area contributed by atoms with Gasteiger partial charge in [0.05, 0.1) is 29.2 Å². The smallest absolute Gasteiger partial charge is 0.256 e. The summed E-state index contributed by atoms with van der Waals surface area (Å²) in [6, 6.07) is 10.4. The third kappa shape index (κ3) is 4.61. The number of likely N-dealkylation sites (tertiary alicyclic amines) is 1. The van der Waals surface area contributed by atoms with Crippen LogP contribution in [0.25, 0.3) is 11.1 Å². The second-order valence-electron chi connectivity index (χ2n) is 7.77. The van der Waals surface area contributed by atoms with Gasteiger partial charge >= 0.3 is 0 Å². The second kappa shape index (κ2) is 8.50. The van der Waals surface area contributed by atoms with Gasteiger partial charge in [0.2, 0.25) is 10.0 Å². The number of amides is 1. The van der Waals surface area contributed by atoms with E-state index in [0.717, 1.165) is 42.3 Å². The van der Waals surface area contributed by atoms with Gasteiger partial charge in [0, 0.05) is 37.7 Å². The second-order valence-corrected chi connectivity index (χ2v) is 9.52. The molecule has 8 nitrogen and oxygen atoms in total. The lowest BCUT2D eigenvalue weighted by molar-refractivity contribution is 0.0607. The number of sulfonamides is 1. The van der Waals surface area contributed by atoms with Crippen molar-refractivity contribution in [3.05, 3.63) is 66.2 Å². The Morgan fingerprint density at radius 3 is 2.61 bits per heavy atom. The fourth-order valence-electron chi connectivity index (χ4n) is 4.08. The molecule has 2 aromatic heterocycles. The van der Waals surface area contributed by atoms with E-state index in [9.17, 15) is 13.2 Å². The largest absolute Gasteiger partial charge is 0.330 e. The zero-order chi connectivity index (χ0) is 22.0. The van der Waals surface area contributed by atoms with Crippen LogP contribution in [0.5, 0.6) is 0 Å². The summed E-state index contributed by atoms with van der Waals surface area (Å²) in [5, 5.41) is 4.71. The number of para-hydroxylation sites is 1. The number of benzene rings is 1. The van der Waals surface area contributed by atoms with Crippen molar-refractivity contribution in [3.63, 3.8) is 0 Å². The molecule has 0 aliphatic carbocycles. The molecule has 0 spiro atoms. The van der Waals surface area contributed by atoms with E-state index in [0.29, 0.717) is 12.1 Å². The number of carbonyl (C=O) groups is 1. The SMILES string of the molecule is Cn1cc(-c2ccncc2)c([C@H]2CCCCN2C(=O)c2ccccc2NS(C)(=O)=O)n1. The molecule has 1 fully saturated rings. The van der Waals surface area contributed by atoms with Gasteiger partial charge in [0.1, 0.15) is 0 Å². The lowest BCUT2D eigenvalue weighted by atomic mass is 9.94. The highest BCUT2D eigenvalue weighted by Gasteiger charge is 2.33. The number of anilines is 1. The molecule has 1 aliphatic rings. The lowest BCUT2D eigenvalue weighted by Crippen LogP contribution is -2.39. The molecule has 0 unspecified atom stereocenters. The number of hydrogen-bond donors (Lipinski definition) is 1. The zero-order valence-electron chi connectivity index (χ0n) is 17.5. The lowest BCUT2D eigenvalue weighted by Gasteiger charge is -2.35. The number of aromatic nitrogens is 3. The van der Waals surface area contributed by atoms with Crippen LogP contribution in [0.1, 0.15) is 41.4 Å². The highest BCUT2D eigenvalue weighted by molar-refractivity contribution is 7.92. The van der Waals surface area contributed by atoms with Crippen molar-refractivity contribution < 1.29 is 13.2 Å². The van der Waals surface area contributed by atoms with Crippen molar-refractivity contribution >= 4 is 21.6 Å². The Morgan fingerprint density at radius 1 is 1.13 bits per heavy atom.